The van der Waals surface area contributed by atoms with Crippen molar-refractivity contribution in [1.29, 1.82) is 0 Å². The zero-order chi connectivity index (χ0) is 34.6. The Morgan fingerprint density at radius 1 is 0.714 bits per heavy atom. The van der Waals surface area contributed by atoms with E-state index in [0.717, 1.165) is 51.4 Å². The van der Waals surface area contributed by atoms with E-state index < -0.39 is 59.0 Å². The van der Waals surface area contributed by atoms with E-state index >= 15 is 0 Å². The van der Waals surface area contributed by atoms with Gasteiger partial charge in [0.2, 0.25) is 17.8 Å². The highest BCUT2D eigenvalue weighted by Crippen LogP contribution is 2.65. The topological polar surface area (TPSA) is 83.1 Å². The molecule has 6 saturated heterocycles. The van der Waals surface area contributed by atoms with Gasteiger partial charge in [0.25, 0.3) is 0 Å². The molecule has 7 heterocycles. The minimum absolute atomic E-state index is 0.0586. The molecule has 0 aromatic rings. The fraction of sp³-hybridized carbons (Fsp3) is 0.946. The second kappa shape index (κ2) is 12.0. The van der Waals surface area contributed by atoms with Crippen molar-refractivity contribution in [2.75, 3.05) is 19.8 Å². The average Bonchev–Trinajstić information content (AvgIpc) is 3.10. The molecule has 0 unspecified atom stereocenters. The first kappa shape index (κ1) is 35.1. The molecule has 8 fully saturated rings. The van der Waals surface area contributed by atoms with Crippen LogP contribution in [0.4, 0.5) is 13.2 Å². The molecule has 278 valence electrons. The van der Waals surface area contributed by atoms with Gasteiger partial charge < -0.3 is 33.2 Å². The third kappa shape index (κ3) is 5.38. The average molecular weight is 701 g/mol. The van der Waals surface area contributed by atoms with Crippen molar-refractivity contribution in [1.82, 2.24) is 0 Å². The zero-order valence-corrected chi connectivity index (χ0v) is 29.9. The predicted octanol–water partition coefficient (Wildman–Crippen LogP) is 7.92. The molecule has 9 rings (SSSR count). The maximum Gasteiger partial charge on any atom is 0.449 e. The van der Waals surface area contributed by atoms with Crippen molar-refractivity contribution >= 4 is 0 Å². The van der Waals surface area contributed by atoms with Gasteiger partial charge in [-0.1, -0.05) is 20.8 Å². The molecule has 14 atom stereocenters. The Kier molecular flexibility index (Phi) is 8.60. The number of alkyl halides is 3. The number of ether oxygens (including phenoxy) is 7. The lowest BCUT2D eigenvalue weighted by Gasteiger charge is -2.62. The predicted molar refractivity (Wildman–Crippen MR) is 168 cm³/mol. The molecule has 7 aliphatic heterocycles. The second-order valence-electron chi connectivity index (χ2n) is 17.1. The fourth-order valence-electron chi connectivity index (χ4n) is 11.3. The van der Waals surface area contributed by atoms with Crippen molar-refractivity contribution in [3.8, 4) is 0 Å². The minimum atomic E-state index is -4.64. The lowest BCUT2D eigenvalue weighted by Crippen LogP contribution is -2.72. The Labute approximate surface area is 288 Å². The maximum absolute atomic E-state index is 14.4. The summed E-state index contributed by atoms with van der Waals surface area (Å²) in [5, 5.41) is 0. The highest BCUT2D eigenvalue weighted by molar-refractivity contribution is 5.29. The van der Waals surface area contributed by atoms with Gasteiger partial charge >= 0.3 is 6.18 Å². The van der Waals surface area contributed by atoms with Crippen LogP contribution in [0.15, 0.2) is 11.3 Å². The van der Waals surface area contributed by atoms with E-state index in [9.17, 15) is 13.2 Å². The minimum Gasteiger partial charge on any atom is -0.456 e. The number of rotatable bonds is 9. The van der Waals surface area contributed by atoms with Crippen molar-refractivity contribution in [3.05, 3.63) is 11.3 Å². The number of hydrogen-bond acceptors (Lipinski definition) is 9. The van der Waals surface area contributed by atoms with Crippen LogP contribution >= 0.6 is 0 Å². The monoisotopic (exact) mass is 700 g/mol. The van der Waals surface area contributed by atoms with Gasteiger partial charge in [-0.05, 0) is 102 Å². The van der Waals surface area contributed by atoms with E-state index in [-0.39, 0.29) is 29.9 Å². The summed E-state index contributed by atoms with van der Waals surface area (Å²) in [6.45, 7) is 13.1. The maximum atomic E-state index is 14.4. The third-order valence-electron chi connectivity index (χ3n) is 14.1. The van der Waals surface area contributed by atoms with E-state index in [2.05, 4.69) is 20.8 Å². The number of halogens is 3. The Bertz CT molecular complexity index is 1310. The van der Waals surface area contributed by atoms with Crippen molar-refractivity contribution in [3.63, 3.8) is 0 Å². The standard InChI is InChI=1S/C37H55F3O9/c1-21-11-13-28-24(29(37(38,39)40)43-30-35(28)25(21)14-16-32(4,44-30)47-35)20-41-18-8-7-9-19-42-34(6)23(3)27-12-10-22(2)26-15-17-33(5)45-31(46-34)36(26,27)49-48-33/h21-23,25-28,30-31H,7-20H2,1-6H3/t21-,22-,23-,25+,26+,27+,28+,30-,31+,32-,33-,34+,35-,36-/m1/s1. The first-order chi connectivity index (χ1) is 23.1. The molecule has 0 aromatic carbocycles. The van der Waals surface area contributed by atoms with E-state index in [1.165, 1.54) is 0 Å². The Morgan fingerprint density at radius 2 is 1.39 bits per heavy atom. The van der Waals surface area contributed by atoms with Crippen LogP contribution in [0.25, 0.3) is 0 Å². The van der Waals surface area contributed by atoms with E-state index in [1.54, 1.807) is 0 Å². The normalized spacial score (nSPS) is 51.6. The van der Waals surface area contributed by atoms with Gasteiger partial charge in [-0.3, -0.25) is 0 Å². The highest BCUT2D eigenvalue weighted by Gasteiger charge is 2.73. The molecule has 0 radical (unpaired) electrons. The highest BCUT2D eigenvalue weighted by atomic mass is 19.4. The van der Waals surface area contributed by atoms with Crippen LogP contribution in [0.5, 0.6) is 0 Å². The van der Waals surface area contributed by atoms with Crippen molar-refractivity contribution < 1.29 is 56.1 Å². The quantitative estimate of drug-likeness (QED) is 0.176. The zero-order valence-electron chi connectivity index (χ0n) is 29.9. The van der Waals surface area contributed by atoms with Crippen LogP contribution in [-0.4, -0.2) is 67.1 Å². The summed E-state index contributed by atoms with van der Waals surface area (Å²) in [6, 6.07) is 0. The van der Waals surface area contributed by atoms with Gasteiger partial charge in [0.05, 0.1) is 13.2 Å². The molecule has 49 heavy (non-hydrogen) atoms. The lowest BCUT2D eigenvalue weighted by molar-refractivity contribution is -0.585. The summed E-state index contributed by atoms with van der Waals surface area (Å²) in [5.41, 5.74) is -1.37. The first-order valence-corrected chi connectivity index (χ1v) is 18.9. The molecule has 0 aromatic heterocycles. The van der Waals surface area contributed by atoms with Crippen LogP contribution in [0, 0.1) is 41.4 Å². The third-order valence-corrected chi connectivity index (χ3v) is 14.1. The summed E-state index contributed by atoms with van der Waals surface area (Å²) >= 11 is 0. The number of hydrogen-bond donors (Lipinski definition) is 0. The molecule has 2 saturated carbocycles. The number of fused-ring (bicyclic) bond motifs is 3. The Hall–Kier alpha value is -0.990. The summed E-state index contributed by atoms with van der Waals surface area (Å²) in [6.07, 6.45) is 2.80. The van der Waals surface area contributed by atoms with E-state index in [1.807, 2.05) is 20.8 Å². The summed E-state index contributed by atoms with van der Waals surface area (Å²) in [7, 11) is 0. The molecular formula is C37H55F3O9. The van der Waals surface area contributed by atoms with Gasteiger partial charge in [0.15, 0.2) is 23.5 Å². The molecule has 2 spiro atoms. The summed E-state index contributed by atoms with van der Waals surface area (Å²) in [5.74, 6) is -2.60. The molecule has 0 N–H and O–H groups in total. The van der Waals surface area contributed by atoms with Gasteiger partial charge in [0, 0.05) is 42.8 Å². The Balaban J connectivity index is 0.864. The molecule has 4 bridgehead atoms. The molecule has 12 heteroatoms. The fourth-order valence-corrected chi connectivity index (χ4v) is 11.3. The molecule has 9 aliphatic rings. The summed E-state index contributed by atoms with van der Waals surface area (Å²) < 4.78 is 87.2. The number of unbranched alkanes of at least 4 members (excludes halogenated alkanes) is 2. The van der Waals surface area contributed by atoms with Crippen LogP contribution in [-0.2, 0) is 42.9 Å². The smallest absolute Gasteiger partial charge is 0.449 e. The van der Waals surface area contributed by atoms with Gasteiger partial charge in [-0.15, -0.1) is 0 Å². The summed E-state index contributed by atoms with van der Waals surface area (Å²) in [4.78, 5) is 12.2. The van der Waals surface area contributed by atoms with Crippen molar-refractivity contribution in [2.45, 2.75) is 159 Å². The molecule has 2 aliphatic carbocycles. The van der Waals surface area contributed by atoms with Crippen LogP contribution in [0.1, 0.15) is 112 Å². The van der Waals surface area contributed by atoms with Gasteiger partial charge in [-0.2, -0.15) is 13.2 Å². The lowest BCUT2D eigenvalue weighted by atomic mass is 9.57. The van der Waals surface area contributed by atoms with Crippen molar-refractivity contribution in [2.24, 2.45) is 41.4 Å². The van der Waals surface area contributed by atoms with E-state index in [4.69, 9.17) is 42.9 Å². The van der Waals surface area contributed by atoms with Crippen LogP contribution < -0.4 is 0 Å². The Morgan fingerprint density at radius 3 is 2.14 bits per heavy atom. The van der Waals surface area contributed by atoms with Crippen LogP contribution in [0.3, 0.4) is 0 Å². The van der Waals surface area contributed by atoms with E-state index in [0.29, 0.717) is 50.2 Å². The van der Waals surface area contributed by atoms with Gasteiger partial charge in [0.1, 0.15) is 5.60 Å². The molecule has 9 nitrogen and oxygen atoms in total. The molecule has 0 amide bonds. The number of allylic oxidation sites excluding steroid dienone is 1. The largest absolute Gasteiger partial charge is 0.456 e. The SMILES string of the molecule is C[C@@H]1CC[C@H]2[C@@H](C)[C@@](C)(OCCCCCOCC3=C(C(F)(F)F)O[C@@H]4O[C@@]5(C)CC[C@H]6[C@H](C)CC[C@@H]3[C@@]46O5)O[C@@H]3O[C@@]4(C)CC[C@@H]1[C@]32OO4. The molecular weight excluding hydrogens is 645 g/mol. The van der Waals surface area contributed by atoms with Gasteiger partial charge in [-0.25, -0.2) is 9.78 Å². The second-order valence-corrected chi connectivity index (χ2v) is 17.1. The first-order valence-electron chi connectivity index (χ1n) is 18.9. The van der Waals surface area contributed by atoms with Crippen LogP contribution in [0.2, 0.25) is 0 Å².